The van der Waals surface area contributed by atoms with Crippen molar-refractivity contribution in [1.29, 1.82) is 0 Å². The van der Waals surface area contributed by atoms with Crippen LogP contribution in [0.4, 0.5) is 0 Å². The summed E-state index contributed by atoms with van der Waals surface area (Å²) < 4.78 is 0. The van der Waals surface area contributed by atoms with E-state index in [1.54, 1.807) is 0 Å². The summed E-state index contributed by atoms with van der Waals surface area (Å²) in [5.41, 5.74) is 0. The molecule has 1 aromatic heterocycles. The second-order valence-corrected chi connectivity index (χ2v) is 0.885. The summed E-state index contributed by atoms with van der Waals surface area (Å²) in [6.07, 6.45) is 3.75. The molecule has 1 heterocycles. The highest BCUT2D eigenvalue weighted by molar-refractivity contribution is 5.75. The lowest BCUT2D eigenvalue weighted by molar-refractivity contribution is 1.42. The van der Waals surface area contributed by atoms with Crippen LogP contribution in [0.15, 0.2) is 24.5 Å². The lowest BCUT2D eigenvalue weighted by atomic mass is 10.7. The van der Waals surface area contributed by atoms with Gasteiger partial charge in [-0.3, -0.25) is 0 Å². The molecule has 0 radical (unpaired) electrons. The van der Waals surface area contributed by atoms with E-state index in [-0.39, 0.29) is 8.41 Å². The molecule has 0 spiro atoms. The minimum Gasteiger partial charge on any atom is -0.368 e. The molecular formula is C4H8BN. The van der Waals surface area contributed by atoms with Crippen LogP contribution in [0.1, 0.15) is 0 Å². The molecule has 0 saturated heterocycles. The van der Waals surface area contributed by atoms with Gasteiger partial charge < -0.3 is 4.98 Å². The third kappa shape index (κ3) is 0.974. The first kappa shape index (κ1) is 5.34. The van der Waals surface area contributed by atoms with E-state index < -0.39 is 0 Å². The highest BCUT2D eigenvalue weighted by Crippen LogP contribution is 1.72. The van der Waals surface area contributed by atoms with Crippen LogP contribution in [0.3, 0.4) is 0 Å². The number of H-pyrrole nitrogens is 1. The van der Waals surface area contributed by atoms with Crippen LogP contribution in [0.2, 0.25) is 0 Å². The summed E-state index contributed by atoms with van der Waals surface area (Å²) in [5.74, 6) is 0. The predicted octanol–water partition coefficient (Wildman–Crippen LogP) is -0.169. The molecule has 1 rings (SSSR count). The smallest absolute Gasteiger partial charge is 0.0814 e. The maximum atomic E-state index is 2.86. The van der Waals surface area contributed by atoms with Crippen LogP contribution >= 0.6 is 0 Å². The van der Waals surface area contributed by atoms with Crippen molar-refractivity contribution < 1.29 is 0 Å². The van der Waals surface area contributed by atoms with Crippen LogP contribution in [0, 0.1) is 0 Å². The molecule has 1 N–H and O–H groups in total. The Morgan fingerprint density at radius 1 is 1.00 bits per heavy atom. The normalized spacial score (nSPS) is 6.67. The largest absolute Gasteiger partial charge is 0.368 e. The average molecular weight is 80.9 g/mol. The maximum absolute atomic E-state index is 2.86. The summed E-state index contributed by atoms with van der Waals surface area (Å²) in [6.45, 7) is 0. The Bertz CT molecular complexity index is 64.0. The maximum Gasteiger partial charge on any atom is 0.0814 e. The van der Waals surface area contributed by atoms with Gasteiger partial charge in [0.1, 0.15) is 0 Å². The molecule has 0 aromatic carbocycles. The molecule has 0 aliphatic rings. The van der Waals surface area contributed by atoms with Gasteiger partial charge in [0.25, 0.3) is 0 Å². The Morgan fingerprint density at radius 2 is 1.50 bits per heavy atom. The number of aromatic amines is 1. The summed E-state index contributed by atoms with van der Waals surface area (Å²) in [6, 6.07) is 3.89. The molecule has 32 valence electrons. The van der Waals surface area contributed by atoms with Crippen LogP contribution in [0.25, 0.3) is 0 Å². The fourth-order valence-electron chi connectivity index (χ4n) is 0.278. The molecule has 1 nitrogen and oxygen atoms in total. The second kappa shape index (κ2) is 2.58. The monoisotopic (exact) mass is 81.1 g/mol. The first-order valence-corrected chi connectivity index (χ1v) is 1.58. The standard InChI is InChI=1S/C4H5N.BH3/c1-2-4-5-3-1;/h1-5H;1H3. The van der Waals surface area contributed by atoms with Crippen LogP contribution in [-0.2, 0) is 0 Å². The summed E-state index contributed by atoms with van der Waals surface area (Å²) >= 11 is 0. The van der Waals surface area contributed by atoms with Crippen LogP contribution < -0.4 is 0 Å². The summed E-state index contributed by atoms with van der Waals surface area (Å²) in [7, 11) is 0. The lowest BCUT2D eigenvalue weighted by Gasteiger charge is -1.49. The van der Waals surface area contributed by atoms with Gasteiger partial charge in [-0.1, -0.05) is 0 Å². The van der Waals surface area contributed by atoms with Gasteiger partial charge in [-0.25, -0.2) is 0 Å². The van der Waals surface area contributed by atoms with Gasteiger partial charge in [0.05, 0.1) is 8.41 Å². The van der Waals surface area contributed by atoms with Gasteiger partial charge in [-0.15, -0.1) is 0 Å². The minimum atomic E-state index is 0. The van der Waals surface area contributed by atoms with Gasteiger partial charge in [-0.05, 0) is 12.1 Å². The molecule has 0 atom stereocenters. The van der Waals surface area contributed by atoms with Gasteiger partial charge in [0.2, 0.25) is 0 Å². The average Bonchev–Trinajstić information content (AvgIpc) is 1.76. The highest BCUT2D eigenvalue weighted by atomic mass is 14.6. The number of nitrogens with one attached hydrogen (secondary N) is 1. The minimum absolute atomic E-state index is 0. The molecule has 0 bridgehead atoms. The lowest BCUT2D eigenvalue weighted by Crippen LogP contribution is -1.38. The van der Waals surface area contributed by atoms with E-state index in [4.69, 9.17) is 0 Å². The first-order chi connectivity index (χ1) is 2.50. The van der Waals surface area contributed by atoms with E-state index in [1.165, 1.54) is 0 Å². The molecule has 0 unspecified atom stereocenters. The van der Waals surface area contributed by atoms with Crippen molar-refractivity contribution in [2.24, 2.45) is 0 Å². The second-order valence-electron chi connectivity index (χ2n) is 0.885. The predicted molar refractivity (Wildman–Crippen MR) is 30.7 cm³/mol. The number of hydrogen-bond donors (Lipinski definition) is 1. The van der Waals surface area contributed by atoms with Crippen LogP contribution in [0.5, 0.6) is 0 Å². The van der Waals surface area contributed by atoms with Gasteiger partial charge in [-0.2, -0.15) is 0 Å². The summed E-state index contributed by atoms with van der Waals surface area (Å²) in [4.78, 5) is 2.86. The number of aromatic nitrogens is 1. The van der Waals surface area contributed by atoms with Crippen molar-refractivity contribution in [3.05, 3.63) is 24.5 Å². The van der Waals surface area contributed by atoms with Gasteiger partial charge >= 0.3 is 0 Å². The first-order valence-electron chi connectivity index (χ1n) is 1.58. The Hall–Kier alpha value is -0.655. The quantitative estimate of drug-likeness (QED) is 0.417. The zero-order chi connectivity index (χ0) is 3.54. The van der Waals surface area contributed by atoms with Crippen molar-refractivity contribution >= 4 is 8.41 Å². The molecular weight excluding hydrogens is 72.9 g/mol. The molecule has 0 aliphatic heterocycles. The Morgan fingerprint density at radius 3 is 1.67 bits per heavy atom. The van der Waals surface area contributed by atoms with Crippen molar-refractivity contribution in [2.45, 2.75) is 0 Å². The summed E-state index contributed by atoms with van der Waals surface area (Å²) in [5, 5.41) is 0. The van der Waals surface area contributed by atoms with E-state index >= 15 is 0 Å². The van der Waals surface area contributed by atoms with Crippen molar-refractivity contribution in [1.82, 2.24) is 4.98 Å². The molecule has 0 saturated carbocycles. The third-order valence-electron chi connectivity index (χ3n) is 0.496. The fraction of sp³-hybridized carbons (Fsp3) is 0. The molecule has 6 heavy (non-hydrogen) atoms. The van der Waals surface area contributed by atoms with Gasteiger partial charge in [0, 0.05) is 12.4 Å². The molecule has 0 fully saturated rings. The molecule has 2 heteroatoms. The van der Waals surface area contributed by atoms with E-state index in [2.05, 4.69) is 4.98 Å². The topological polar surface area (TPSA) is 15.8 Å². The fourth-order valence-corrected chi connectivity index (χ4v) is 0.278. The van der Waals surface area contributed by atoms with Gasteiger partial charge in [0.15, 0.2) is 0 Å². The SMILES string of the molecule is B.c1cc[nH]c1. The third-order valence-corrected chi connectivity index (χ3v) is 0.496. The highest BCUT2D eigenvalue weighted by Gasteiger charge is 1.55. The Kier molecular flexibility index (Phi) is 2.29. The van der Waals surface area contributed by atoms with E-state index in [9.17, 15) is 0 Å². The number of hydrogen-bond acceptors (Lipinski definition) is 0. The van der Waals surface area contributed by atoms with Crippen molar-refractivity contribution in [2.75, 3.05) is 0 Å². The molecule has 1 aromatic rings. The van der Waals surface area contributed by atoms with E-state index in [1.807, 2.05) is 24.5 Å². The number of rotatable bonds is 0. The Labute approximate surface area is 39.0 Å². The van der Waals surface area contributed by atoms with Crippen molar-refractivity contribution in [3.8, 4) is 0 Å². The molecule has 0 amide bonds. The van der Waals surface area contributed by atoms with Crippen molar-refractivity contribution in [3.63, 3.8) is 0 Å². The zero-order valence-corrected chi connectivity index (χ0v) is 2.81. The van der Waals surface area contributed by atoms with E-state index in [0.29, 0.717) is 0 Å². The van der Waals surface area contributed by atoms with E-state index in [0.717, 1.165) is 0 Å². The van der Waals surface area contributed by atoms with Crippen LogP contribution in [-0.4, -0.2) is 13.4 Å². The zero-order valence-electron chi connectivity index (χ0n) is 2.81. The Balaban J connectivity index is 0.000000250. The molecule has 0 aliphatic carbocycles.